The second kappa shape index (κ2) is 6.73. The van der Waals surface area contributed by atoms with Crippen molar-refractivity contribution in [2.45, 2.75) is 45.6 Å². The average Bonchev–Trinajstić information content (AvgIpc) is 3.10. The van der Waals surface area contributed by atoms with Crippen molar-refractivity contribution in [3.8, 4) is 0 Å². The predicted molar refractivity (Wildman–Crippen MR) is 86.2 cm³/mol. The van der Waals surface area contributed by atoms with Gasteiger partial charge >= 0.3 is 0 Å². The van der Waals surface area contributed by atoms with Crippen molar-refractivity contribution in [3.63, 3.8) is 0 Å². The van der Waals surface area contributed by atoms with E-state index in [2.05, 4.69) is 29.2 Å². The molecule has 0 spiro atoms. The molecule has 1 N–H and O–H groups in total. The molecule has 2 saturated carbocycles. The van der Waals surface area contributed by atoms with Gasteiger partial charge in [0.2, 0.25) is 0 Å². The van der Waals surface area contributed by atoms with Crippen LogP contribution in [0.4, 0.5) is 5.82 Å². The lowest BCUT2D eigenvalue weighted by atomic mass is 9.88. The monoisotopic (exact) mass is 288 g/mol. The van der Waals surface area contributed by atoms with Gasteiger partial charge in [0.1, 0.15) is 5.82 Å². The Morgan fingerprint density at radius 1 is 1.29 bits per heavy atom. The van der Waals surface area contributed by atoms with E-state index in [0.717, 1.165) is 55.3 Å². The van der Waals surface area contributed by atoms with Gasteiger partial charge in [-0.1, -0.05) is 13.3 Å². The van der Waals surface area contributed by atoms with E-state index in [0.29, 0.717) is 0 Å². The fraction of sp³-hybridized carbons (Fsp3) is 0.765. The van der Waals surface area contributed by atoms with Gasteiger partial charge in [-0.3, -0.25) is 4.98 Å². The van der Waals surface area contributed by atoms with Gasteiger partial charge in [0.05, 0.1) is 11.9 Å². The van der Waals surface area contributed by atoms with Crippen LogP contribution in [-0.4, -0.2) is 30.1 Å². The van der Waals surface area contributed by atoms with Crippen LogP contribution < -0.4 is 10.2 Å². The minimum Gasteiger partial charge on any atom is -0.358 e. The molecule has 0 aliphatic heterocycles. The minimum absolute atomic E-state index is 0.816. The van der Waals surface area contributed by atoms with E-state index in [9.17, 15) is 0 Å². The molecule has 2 fully saturated rings. The Morgan fingerprint density at radius 2 is 2.19 bits per heavy atom. The zero-order chi connectivity index (χ0) is 14.7. The highest BCUT2D eigenvalue weighted by molar-refractivity contribution is 5.35. The van der Waals surface area contributed by atoms with Gasteiger partial charge in [0.25, 0.3) is 0 Å². The molecule has 2 bridgehead atoms. The first kappa shape index (κ1) is 14.8. The van der Waals surface area contributed by atoms with Crippen LogP contribution in [0.3, 0.4) is 0 Å². The number of nitrogens with zero attached hydrogens (tertiary/aromatic N) is 3. The molecular formula is C17H28N4. The van der Waals surface area contributed by atoms with Crippen LogP contribution in [-0.2, 0) is 6.54 Å². The van der Waals surface area contributed by atoms with Crippen LogP contribution in [0.25, 0.3) is 0 Å². The van der Waals surface area contributed by atoms with Crippen molar-refractivity contribution in [2.75, 3.05) is 25.0 Å². The van der Waals surface area contributed by atoms with Gasteiger partial charge in [-0.05, 0) is 50.0 Å². The van der Waals surface area contributed by atoms with Crippen molar-refractivity contribution in [2.24, 2.45) is 17.8 Å². The molecule has 0 saturated heterocycles. The zero-order valence-corrected chi connectivity index (χ0v) is 13.4. The normalized spacial score (nSPS) is 27.2. The van der Waals surface area contributed by atoms with Crippen molar-refractivity contribution >= 4 is 5.82 Å². The molecule has 1 heterocycles. The van der Waals surface area contributed by atoms with Crippen LogP contribution >= 0.6 is 0 Å². The fourth-order valence-electron chi connectivity index (χ4n) is 4.10. The maximum Gasteiger partial charge on any atom is 0.147 e. The summed E-state index contributed by atoms with van der Waals surface area (Å²) < 4.78 is 0. The average molecular weight is 288 g/mol. The second-order valence-electron chi connectivity index (χ2n) is 6.86. The number of fused-ring (bicyclic) bond motifs is 2. The van der Waals surface area contributed by atoms with Gasteiger partial charge in [-0.2, -0.15) is 0 Å². The quantitative estimate of drug-likeness (QED) is 0.783. The van der Waals surface area contributed by atoms with E-state index in [-0.39, 0.29) is 0 Å². The summed E-state index contributed by atoms with van der Waals surface area (Å²) in [6, 6.07) is 0. The third kappa shape index (κ3) is 3.54. The van der Waals surface area contributed by atoms with E-state index >= 15 is 0 Å². The predicted octanol–water partition coefficient (Wildman–Crippen LogP) is 2.85. The van der Waals surface area contributed by atoms with Gasteiger partial charge in [0.15, 0.2) is 0 Å². The summed E-state index contributed by atoms with van der Waals surface area (Å²) in [6.07, 6.45) is 10.8. The number of rotatable bonds is 7. The highest BCUT2D eigenvalue weighted by atomic mass is 15.2. The molecule has 116 valence electrons. The molecule has 2 aliphatic rings. The Hall–Kier alpha value is -1.16. The molecule has 3 rings (SSSR count). The number of nitrogens with one attached hydrogen (secondary N) is 1. The third-order valence-corrected chi connectivity index (χ3v) is 5.19. The molecule has 3 atom stereocenters. The molecule has 1 aromatic rings. The van der Waals surface area contributed by atoms with E-state index in [1.807, 2.05) is 12.4 Å². The first-order chi connectivity index (χ1) is 10.3. The van der Waals surface area contributed by atoms with Crippen molar-refractivity contribution in [1.82, 2.24) is 15.3 Å². The number of aromatic nitrogens is 2. The number of hydrogen-bond donors (Lipinski definition) is 1. The van der Waals surface area contributed by atoms with Gasteiger partial charge in [-0.15, -0.1) is 0 Å². The Kier molecular flexibility index (Phi) is 4.73. The number of hydrogen-bond acceptors (Lipinski definition) is 4. The smallest absolute Gasteiger partial charge is 0.147 e. The first-order valence-electron chi connectivity index (χ1n) is 8.49. The van der Waals surface area contributed by atoms with Crippen LogP contribution in [0.1, 0.15) is 44.7 Å². The second-order valence-corrected chi connectivity index (χ2v) is 6.86. The standard InChI is InChI=1S/C17H28N4/c1-3-6-18-9-16-10-19-11-17(20-16)21(2)12-15-8-13-4-5-14(15)7-13/h10-11,13-15,18H,3-9,12H2,1-2H3. The summed E-state index contributed by atoms with van der Waals surface area (Å²) in [4.78, 5) is 11.4. The molecule has 0 aromatic carbocycles. The van der Waals surface area contributed by atoms with E-state index in [1.165, 1.54) is 25.7 Å². The Bertz CT molecular complexity index is 462. The van der Waals surface area contributed by atoms with E-state index < -0.39 is 0 Å². The molecule has 1 aromatic heterocycles. The Balaban J connectivity index is 1.56. The van der Waals surface area contributed by atoms with Crippen molar-refractivity contribution in [3.05, 3.63) is 18.1 Å². The molecular weight excluding hydrogens is 260 g/mol. The molecule has 0 amide bonds. The van der Waals surface area contributed by atoms with Gasteiger partial charge in [0, 0.05) is 26.3 Å². The molecule has 2 aliphatic carbocycles. The topological polar surface area (TPSA) is 41.1 Å². The summed E-state index contributed by atoms with van der Waals surface area (Å²) in [7, 11) is 2.17. The Morgan fingerprint density at radius 3 is 2.90 bits per heavy atom. The van der Waals surface area contributed by atoms with E-state index in [1.54, 1.807) is 0 Å². The fourth-order valence-corrected chi connectivity index (χ4v) is 4.10. The lowest BCUT2D eigenvalue weighted by Gasteiger charge is -2.27. The first-order valence-corrected chi connectivity index (χ1v) is 8.49. The molecule has 4 heteroatoms. The minimum atomic E-state index is 0.816. The van der Waals surface area contributed by atoms with Crippen molar-refractivity contribution in [1.29, 1.82) is 0 Å². The summed E-state index contributed by atoms with van der Waals surface area (Å²) in [6.45, 7) is 5.17. The molecule has 3 unspecified atom stereocenters. The highest BCUT2D eigenvalue weighted by Crippen LogP contribution is 2.48. The molecule has 0 radical (unpaired) electrons. The maximum atomic E-state index is 4.75. The summed E-state index contributed by atoms with van der Waals surface area (Å²) in [5.74, 6) is 3.88. The van der Waals surface area contributed by atoms with Crippen LogP contribution in [0, 0.1) is 17.8 Å². The number of anilines is 1. The largest absolute Gasteiger partial charge is 0.358 e. The lowest BCUT2D eigenvalue weighted by Crippen LogP contribution is -2.29. The van der Waals surface area contributed by atoms with E-state index in [4.69, 9.17) is 4.98 Å². The van der Waals surface area contributed by atoms with Crippen LogP contribution in [0.5, 0.6) is 0 Å². The molecule has 21 heavy (non-hydrogen) atoms. The third-order valence-electron chi connectivity index (χ3n) is 5.19. The SMILES string of the molecule is CCCNCc1cncc(N(C)CC2CC3CCC2C3)n1. The van der Waals surface area contributed by atoms with Crippen LogP contribution in [0.2, 0.25) is 0 Å². The summed E-state index contributed by atoms with van der Waals surface area (Å²) in [5, 5.41) is 3.39. The maximum absolute atomic E-state index is 4.75. The molecule has 4 nitrogen and oxygen atoms in total. The van der Waals surface area contributed by atoms with Gasteiger partial charge < -0.3 is 10.2 Å². The summed E-state index contributed by atoms with van der Waals surface area (Å²) in [5.41, 5.74) is 1.04. The summed E-state index contributed by atoms with van der Waals surface area (Å²) >= 11 is 0. The lowest BCUT2D eigenvalue weighted by molar-refractivity contribution is 0.337. The van der Waals surface area contributed by atoms with Gasteiger partial charge in [-0.25, -0.2) is 4.98 Å². The van der Waals surface area contributed by atoms with Crippen molar-refractivity contribution < 1.29 is 0 Å². The highest BCUT2D eigenvalue weighted by Gasteiger charge is 2.39. The zero-order valence-electron chi connectivity index (χ0n) is 13.4. The van der Waals surface area contributed by atoms with Crippen LogP contribution in [0.15, 0.2) is 12.4 Å². The Labute approximate surface area is 128 Å².